The van der Waals surface area contributed by atoms with Gasteiger partial charge >= 0.3 is 18.1 Å². The maximum Gasteiger partial charge on any atom is 0.490 e. The molecule has 1 heterocycles. The minimum atomic E-state index is -5.08. The van der Waals surface area contributed by atoms with Crippen LogP contribution in [0.25, 0.3) is 10.4 Å². The quantitative estimate of drug-likeness (QED) is 0.433. The van der Waals surface area contributed by atoms with Gasteiger partial charge in [-0.15, -0.1) is 11.3 Å². The monoisotopic (exact) mass is 495 g/mol. The molecule has 0 unspecified atom stereocenters. The van der Waals surface area contributed by atoms with Crippen molar-refractivity contribution in [2.24, 2.45) is 0 Å². The summed E-state index contributed by atoms with van der Waals surface area (Å²) in [4.78, 5) is 22.6. The number of hydrogen-bond donors (Lipinski definition) is 2. The Bertz CT molecular complexity index is 1060. The third-order valence-corrected chi connectivity index (χ3v) is 5.36. The maximum absolute atomic E-state index is 10.8. The fourth-order valence-electron chi connectivity index (χ4n) is 2.89. The van der Waals surface area contributed by atoms with E-state index in [0.717, 1.165) is 17.7 Å². The van der Waals surface area contributed by atoms with Crippen molar-refractivity contribution < 1.29 is 37.7 Å². The molecule has 0 saturated heterocycles. The average Bonchev–Trinajstić information content (AvgIpc) is 3.29. The molecule has 0 aliphatic carbocycles. The second-order valence-electron chi connectivity index (χ2n) is 7.25. The average molecular weight is 496 g/mol. The number of hydrogen-bond acceptors (Lipinski definition) is 5. The van der Waals surface area contributed by atoms with Gasteiger partial charge in [0.15, 0.2) is 0 Å². The number of carbonyl (C=O) groups is 2. The molecular weight excluding hydrogens is 471 g/mol. The van der Waals surface area contributed by atoms with E-state index in [4.69, 9.17) is 19.7 Å². The van der Waals surface area contributed by atoms with Gasteiger partial charge in [-0.05, 0) is 48.2 Å². The first-order chi connectivity index (χ1) is 16.1. The van der Waals surface area contributed by atoms with Crippen LogP contribution in [0.1, 0.15) is 11.1 Å². The van der Waals surface area contributed by atoms with Crippen LogP contribution in [-0.4, -0.2) is 60.0 Å². The fourth-order valence-corrected chi connectivity index (χ4v) is 3.64. The smallest absolute Gasteiger partial charge is 0.490 e. The summed E-state index contributed by atoms with van der Waals surface area (Å²) in [5.41, 5.74) is 3.60. The van der Waals surface area contributed by atoms with E-state index in [1.54, 1.807) is 23.3 Å². The highest BCUT2D eigenvalue weighted by Gasteiger charge is 2.38. The topological polar surface area (TPSA) is 87.1 Å². The van der Waals surface area contributed by atoms with Gasteiger partial charge in [0.25, 0.3) is 0 Å². The van der Waals surface area contributed by atoms with Crippen LogP contribution in [0.2, 0.25) is 0 Å². The number of alkyl halides is 3. The SMILES string of the molecule is CN(CCOc1ccc(Cc2ccccc2)cc1-c1cccs1)CC(=O)O.O=C(O)C(F)(F)F. The summed E-state index contributed by atoms with van der Waals surface area (Å²) in [5.74, 6) is -2.76. The van der Waals surface area contributed by atoms with Crippen molar-refractivity contribution in [3.05, 3.63) is 77.2 Å². The van der Waals surface area contributed by atoms with Crippen molar-refractivity contribution in [2.45, 2.75) is 12.6 Å². The van der Waals surface area contributed by atoms with E-state index in [1.807, 2.05) is 18.2 Å². The van der Waals surface area contributed by atoms with E-state index >= 15 is 0 Å². The van der Waals surface area contributed by atoms with Gasteiger partial charge in [-0.2, -0.15) is 13.2 Å². The molecule has 0 spiro atoms. The molecule has 6 nitrogen and oxygen atoms in total. The molecular formula is C24H24F3NO5S. The van der Waals surface area contributed by atoms with Crippen molar-refractivity contribution in [1.29, 1.82) is 0 Å². The number of carboxylic acid groups (broad SMARTS) is 2. The second kappa shape index (κ2) is 12.8. The zero-order chi connectivity index (χ0) is 25.1. The van der Waals surface area contributed by atoms with Crippen LogP contribution >= 0.6 is 11.3 Å². The number of benzene rings is 2. The number of rotatable bonds is 9. The summed E-state index contributed by atoms with van der Waals surface area (Å²) >= 11 is 1.69. The highest BCUT2D eigenvalue weighted by Crippen LogP contribution is 2.34. The summed E-state index contributed by atoms with van der Waals surface area (Å²) in [6.07, 6.45) is -4.21. The number of nitrogens with zero attached hydrogens (tertiary/aromatic N) is 1. The van der Waals surface area contributed by atoms with Crippen molar-refractivity contribution in [2.75, 3.05) is 26.7 Å². The zero-order valence-corrected chi connectivity index (χ0v) is 19.1. The molecule has 0 aliphatic heterocycles. The molecule has 0 bridgehead atoms. The van der Waals surface area contributed by atoms with Gasteiger partial charge in [0.1, 0.15) is 12.4 Å². The van der Waals surface area contributed by atoms with E-state index in [-0.39, 0.29) is 6.54 Å². The van der Waals surface area contributed by atoms with Crippen LogP contribution in [0.5, 0.6) is 5.75 Å². The zero-order valence-electron chi connectivity index (χ0n) is 18.3. The minimum absolute atomic E-state index is 0.0111. The molecule has 3 aromatic rings. The molecule has 0 fully saturated rings. The largest absolute Gasteiger partial charge is 0.492 e. The van der Waals surface area contributed by atoms with E-state index in [0.29, 0.717) is 13.2 Å². The van der Waals surface area contributed by atoms with Gasteiger partial charge in [0, 0.05) is 17.0 Å². The molecule has 1 aromatic heterocycles. The molecule has 10 heteroatoms. The predicted molar refractivity (Wildman–Crippen MR) is 123 cm³/mol. The summed E-state index contributed by atoms with van der Waals surface area (Å²) in [6.45, 7) is 1.01. The van der Waals surface area contributed by atoms with Crippen LogP contribution in [-0.2, 0) is 16.0 Å². The lowest BCUT2D eigenvalue weighted by atomic mass is 10.0. The fraction of sp³-hybridized carbons (Fsp3) is 0.250. The number of carboxylic acids is 2. The first kappa shape index (κ1) is 26.9. The van der Waals surface area contributed by atoms with E-state index in [9.17, 15) is 18.0 Å². The Morgan fingerprint density at radius 2 is 1.68 bits per heavy atom. The summed E-state index contributed by atoms with van der Waals surface area (Å²) in [7, 11) is 1.78. The molecule has 2 aromatic carbocycles. The maximum atomic E-state index is 10.8. The highest BCUT2D eigenvalue weighted by atomic mass is 32.1. The Kier molecular flexibility index (Phi) is 10.1. The lowest BCUT2D eigenvalue weighted by Gasteiger charge is -2.16. The normalized spacial score (nSPS) is 11.0. The summed E-state index contributed by atoms with van der Waals surface area (Å²) in [5, 5.41) is 18.0. The Labute approximate surface area is 198 Å². The summed E-state index contributed by atoms with van der Waals surface area (Å²) in [6, 6.07) is 20.8. The van der Waals surface area contributed by atoms with Gasteiger partial charge in [-0.1, -0.05) is 42.5 Å². The van der Waals surface area contributed by atoms with Crippen molar-refractivity contribution >= 4 is 23.3 Å². The lowest BCUT2D eigenvalue weighted by Crippen LogP contribution is -2.29. The molecule has 2 N–H and O–H groups in total. The third-order valence-electron chi connectivity index (χ3n) is 4.46. The molecule has 3 rings (SSSR count). The standard InChI is InChI=1S/C22H23NO3S.C2HF3O2/c1-23(16-22(24)25)11-12-26-20-10-9-18(14-17-6-3-2-4-7-17)15-19(20)21-8-5-13-27-21;3-2(4,5)1(6)7/h2-10,13,15H,11-12,14,16H2,1H3,(H,24,25);(H,6,7). The first-order valence-electron chi connectivity index (χ1n) is 10.1. The van der Waals surface area contributed by atoms with Crippen LogP contribution in [0.15, 0.2) is 66.0 Å². The Morgan fingerprint density at radius 1 is 1.00 bits per heavy atom. The van der Waals surface area contributed by atoms with Gasteiger partial charge in [-0.25, -0.2) is 4.79 Å². The molecule has 0 aliphatic rings. The van der Waals surface area contributed by atoms with Crippen molar-refractivity contribution in [3.8, 4) is 16.2 Å². The summed E-state index contributed by atoms with van der Waals surface area (Å²) < 4.78 is 37.7. The lowest BCUT2D eigenvalue weighted by molar-refractivity contribution is -0.192. The minimum Gasteiger partial charge on any atom is -0.492 e. The van der Waals surface area contributed by atoms with Crippen LogP contribution < -0.4 is 4.74 Å². The number of thiophene rings is 1. The van der Waals surface area contributed by atoms with Gasteiger partial charge in [0.05, 0.1) is 6.54 Å². The number of ether oxygens (including phenoxy) is 1. The van der Waals surface area contributed by atoms with Gasteiger partial charge < -0.3 is 14.9 Å². The second-order valence-corrected chi connectivity index (χ2v) is 8.20. The molecule has 0 amide bonds. The van der Waals surface area contributed by atoms with Crippen LogP contribution in [0, 0.1) is 0 Å². The number of likely N-dealkylation sites (N-methyl/N-ethyl adjacent to an activating group) is 1. The van der Waals surface area contributed by atoms with Gasteiger partial charge in [-0.3, -0.25) is 9.69 Å². The highest BCUT2D eigenvalue weighted by molar-refractivity contribution is 7.13. The first-order valence-corrected chi connectivity index (χ1v) is 11.0. The Hall–Kier alpha value is -3.37. The third kappa shape index (κ3) is 9.24. The van der Waals surface area contributed by atoms with Crippen LogP contribution in [0.3, 0.4) is 0 Å². The number of aliphatic carboxylic acids is 2. The van der Waals surface area contributed by atoms with Crippen molar-refractivity contribution in [3.63, 3.8) is 0 Å². The van der Waals surface area contributed by atoms with E-state index in [2.05, 4.69) is 47.8 Å². The van der Waals surface area contributed by atoms with Gasteiger partial charge in [0.2, 0.25) is 0 Å². The number of halogens is 3. The predicted octanol–water partition coefficient (Wildman–Crippen LogP) is 5.03. The molecule has 34 heavy (non-hydrogen) atoms. The Balaban J connectivity index is 0.000000509. The molecule has 0 atom stereocenters. The van der Waals surface area contributed by atoms with Crippen molar-refractivity contribution in [1.82, 2.24) is 4.90 Å². The van der Waals surface area contributed by atoms with E-state index < -0.39 is 18.1 Å². The molecule has 0 radical (unpaired) electrons. The van der Waals surface area contributed by atoms with Crippen LogP contribution in [0.4, 0.5) is 13.2 Å². The van der Waals surface area contributed by atoms with E-state index in [1.165, 1.54) is 16.0 Å². The molecule has 182 valence electrons. The molecule has 0 saturated carbocycles. The Morgan fingerprint density at radius 3 is 2.24 bits per heavy atom.